The van der Waals surface area contributed by atoms with E-state index < -0.39 is 23.9 Å². The van der Waals surface area contributed by atoms with Gasteiger partial charge in [0, 0.05) is 13.3 Å². The maximum Gasteiger partial charge on any atom is 1.00 e. The number of hydrogen-bond acceptors (Lipinski definition) is 4. The summed E-state index contributed by atoms with van der Waals surface area (Å²) in [6.45, 7) is 1.08. The fourth-order valence-electron chi connectivity index (χ4n) is 0.421. The van der Waals surface area contributed by atoms with Crippen LogP contribution in [0.25, 0.3) is 0 Å². The Morgan fingerprint density at radius 2 is 1.47 bits per heavy atom. The molecule has 7 nitrogen and oxygen atoms in total. The van der Waals surface area contributed by atoms with Crippen molar-refractivity contribution in [3.8, 4) is 0 Å². The molecule has 6 N–H and O–H groups in total. The van der Waals surface area contributed by atoms with Crippen LogP contribution in [0.1, 0.15) is 24.0 Å². The first-order valence-corrected chi connectivity index (χ1v) is 3.73. The van der Waals surface area contributed by atoms with Crippen LogP contribution in [0.5, 0.6) is 0 Å². The second kappa shape index (κ2) is 19.7. The molecule has 0 aliphatic rings. The van der Waals surface area contributed by atoms with Gasteiger partial charge in [0.05, 0.1) is 0 Å². The summed E-state index contributed by atoms with van der Waals surface area (Å²) < 4.78 is 0. The van der Waals surface area contributed by atoms with Crippen LogP contribution in [0.4, 0.5) is 0 Å². The second-order valence-corrected chi connectivity index (χ2v) is 2.47. The molecule has 10 heteroatoms. The van der Waals surface area contributed by atoms with Crippen molar-refractivity contribution in [2.45, 2.75) is 25.8 Å². The largest absolute Gasteiger partial charge is 1.00 e. The second-order valence-electron chi connectivity index (χ2n) is 2.47. The summed E-state index contributed by atoms with van der Waals surface area (Å²) in [5, 5.41) is 15.6. The van der Waals surface area contributed by atoms with Crippen molar-refractivity contribution in [1.82, 2.24) is 0 Å². The summed E-state index contributed by atoms with van der Waals surface area (Å²) in [5.41, 5.74) is 9.81. The zero-order valence-corrected chi connectivity index (χ0v) is 16.8. The molecule has 0 aromatic carbocycles. The van der Waals surface area contributed by atoms with Crippen LogP contribution in [0.3, 0.4) is 0 Å². The molecule has 88 valence electrons. The Balaban J connectivity index is -0.0000000217. The first kappa shape index (κ1) is 31.0. The van der Waals surface area contributed by atoms with Gasteiger partial charge in [0.15, 0.2) is 0 Å². The topological polar surface area (TPSA) is 144 Å². The minimum absolute atomic E-state index is 0. The molecular weight excluding hydrogens is 261 g/mol. The first-order chi connectivity index (χ1) is 6.27. The molecule has 0 aromatic rings. The van der Waals surface area contributed by atoms with E-state index in [0.29, 0.717) is 0 Å². The van der Waals surface area contributed by atoms with Crippen LogP contribution < -0.4 is 100 Å². The molecule has 1 amide bonds. The molecular formula is C7H17N2Na3O5. The average molecular weight is 278 g/mol. The number of aliphatic carboxylic acids is 2. The minimum Gasteiger partial charge on any atom is -1.00 e. The van der Waals surface area contributed by atoms with Crippen LogP contribution in [-0.2, 0) is 14.4 Å². The number of amides is 1. The van der Waals surface area contributed by atoms with Gasteiger partial charge in [0.2, 0.25) is 5.91 Å². The van der Waals surface area contributed by atoms with E-state index in [1.165, 1.54) is 0 Å². The number of rotatable bonds is 4. The Kier molecular flexibility index (Phi) is 35.9. The molecule has 0 spiro atoms. The van der Waals surface area contributed by atoms with Crippen molar-refractivity contribution in [1.29, 1.82) is 0 Å². The monoisotopic (exact) mass is 278 g/mol. The van der Waals surface area contributed by atoms with Gasteiger partial charge in [0.25, 0.3) is 5.97 Å². The van der Waals surface area contributed by atoms with E-state index in [9.17, 15) is 9.59 Å². The summed E-state index contributed by atoms with van der Waals surface area (Å²) in [6, 6.07) is -0.979. The molecule has 1 atom stereocenters. The van der Waals surface area contributed by atoms with Gasteiger partial charge in [-0.05, 0) is 6.42 Å². The van der Waals surface area contributed by atoms with Gasteiger partial charge in [-0.3, -0.25) is 14.4 Å². The van der Waals surface area contributed by atoms with Crippen molar-refractivity contribution < 1.29 is 118 Å². The number of carboxylic acids is 2. The maximum atomic E-state index is 10.1. The van der Waals surface area contributed by atoms with Crippen molar-refractivity contribution >= 4 is 17.8 Å². The normalized spacial score (nSPS) is 8.82. The van der Waals surface area contributed by atoms with E-state index in [2.05, 4.69) is 0 Å². The zero-order chi connectivity index (χ0) is 11.7. The minimum atomic E-state index is -1.11. The van der Waals surface area contributed by atoms with E-state index in [1.54, 1.807) is 0 Å². The molecule has 0 aliphatic carbocycles. The number of carbonyl (C=O) groups is 3. The Hall–Kier alpha value is 1.37. The van der Waals surface area contributed by atoms with Crippen LogP contribution in [0, 0.1) is 0 Å². The van der Waals surface area contributed by atoms with Gasteiger partial charge in [-0.15, -0.1) is 0 Å². The van der Waals surface area contributed by atoms with Gasteiger partial charge in [-0.2, -0.15) is 0 Å². The molecule has 1 unspecified atom stereocenters. The van der Waals surface area contributed by atoms with Crippen LogP contribution >= 0.6 is 0 Å². The van der Waals surface area contributed by atoms with Gasteiger partial charge < -0.3 is 26.0 Å². The van der Waals surface area contributed by atoms with Gasteiger partial charge >= 0.3 is 94.6 Å². The van der Waals surface area contributed by atoms with Gasteiger partial charge in [0.1, 0.15) is 6.04 Å². The van der Waals surface area contributed by atoms with E-state index in [-0.39, 0.29) is 106 Å². The fourth-order valence-corrected chi connectivity index (χ4v) is 0.421. The summed E-state index contributed by atoms with van der Waals surface area (Å²) in [4.78, 5) is 29.1. The van der Waals surface area contributed by atoms with E-state index in [4.69, 9.17) is 26.5 Å². The summed E-state index contributed by atoms with van der Waals surface area (Å²) in [6.07, 6.45) is 0.123. The summed E-state index contributed by atoms with van der Waals surface area (Å²) in [5.74, 6) is -2.47. The summed E-state index contributed by atoms with van der Waals surface area (Å²) in [7, 11) is 0. The molecule has 0 heterocycles. The molecule has 17 heavy (non-hydrogen) atoms. The quantitative estimate of drug-likeness (QED) is 0.376. The Bertz CT molecular complexity index is 236. The predicted octanol–water partition coefficient (Wildman–Crippen LogP) is -9.90. The third-order valence-corrected chi connectivity index (χ3v) is 1.02. The van der Waals surface area contributed by atoms with Crippen LogP contribution in [0.2, 0.25) is 0 Å². The number of primary amides is 1. The predicted molar refractivity (Wildman–Crippen MR) is 50.7 cm³/mol. The Morgan fingerprint density at radius 1 is 1.18 bits per heavy atom. The molecule has 0 aliphatic heterocycles. The molecule has 0 bridgehead atoms. The summed E-state index contributed by atoms with van der Waals surface area (Å²) >= 11 is 0. The average Bonchev–Trinajstić information content (AvgIpc) is 1.98. The van der Waals surface area contributed by atoms with E-state index in [0.717, 1.165) is 6.92 Å². The number of nitrogens with two attached hydrogens (primary N) is 2. The van der Waals surface area contributed by atoms with E-state index in [1.807, 2.05) is 0 Å². The molecule has 0 rings (SSSR count). The van der Waals surface area contributed by atoms with Crippen molar-refractivity contribution in [3.05, 3.63) is 0 Å². The van der Waals surface area contributed by atoms with Gasteiger partial charge in [-0.1, -0.05) is 0 Å². The Morgan fingerprint density at radius 3 is 1.65 bits per heavy atom. The van der Waals surface area contributed by atoms with Crippen molar-refractivity contribution in [2.24, 2.45) is 11.5 Å². The standard InChI is InChI=1S/C5H10N2O3.C2H4O2.3Na.3H/c6-3(5(9)10)1-2-4(7)8;1-2(3)4;;;;;;/h3H,1-2,6H2,(H2,7,8)(H,9,10);1H3,(H,3,4);;;;;;/q;;3*+1;3*-1. The third kappa shape index (κ3) is 38.2. The molecule has 0 aromatic heterocycles. The molecule has 0 saturated heterocycles. The SMILES string of the molecule is CC(=O)O.NC(=O)CCC(N)C(=O)O.[H-].[H-].[H-].[Na+].[Na+].[Na+]. The zero-order valence-electron chi connectivity index (χ0n) is 13.8. The molecule has 0 saturated carbocycles. The Labute approximate surface area is 170 Å². The van der Waals surface area contributed by atoms with Gasteiger partial charge in [-0.25, -0.2) is 0 Å². The fraction of sp³-hybridized carbons (Fsp3) is 0.571. The number of carbonyl (C=O) groups excluding carboxylic acids is 1. The molecule has 0 fully saturated rings. The van der Waals surface area contributed by atoms with Crippen LogP contribution in [0.15, 0.2) is 0 Å². The van der Waals surface area contributed by atoms with Crippen LogP contribution in [-0.4, -0.2) is 34.1 Å². The van der Waals surface area contributed by atoms with Crippen molar-refractivity contribution in [3.63, 3.8) is 0 Å². The maximum absolute atomic E-state index is 10.1. The number of hydrogen-bond donors (Lipinski definition) is 4. The number of carboxylic acid groups (broad SMARTS) is 2. The van der Waals surface area contributed by atoms with E-state index >= 15 is 0 Å². The third-order valence-electron chi connectivity index (χ3n) is 1.02. The van der Waals surface area contributed by atoms with Crippen molar-refractivity contribution in [2.75, 3.05) is 0 Å². The first-order valence-electron chi connectivity index (χ1n) is 3.73. The molecule has 0 radical (unpaired) electrons. The smallest absolute Gasteiger partial charge is 1.00 e.